The van der Waals surface area contributed by atoms with Gasteiger partial charge in [0.05, 0.1) is 6.54 Å². The zero-order valence-corrected chi connectivity index (χ0v) is 21.2. The number of carboxylic acid groups (broad SMARTS) is 1. The highest BCUT2D eigenvalue weighted by Gasteiger charge is 2.23. The minimum atomic E-state index is -1.01. The molecular formula is C28H35F2NO6. The average molecular weight is 520 g/mol. The largest absolute Gasteiger partial charge is 0.492 e. The number of hydrogen-bond acceptors (Lipinski definition) is 5. The quantitative estimate of drug-likeness (QED) is 0.371. The van der Waals surface area contributed by atoms with Crippen molar-refractivity contribution >= 4 is 12.1 Å². The van der Waals surface area contributed by atoms with E-state index in [1.54, 1.807) is 36.1 Å². The van der Waals surface area contributed by atoms with E-state index in [9.17, 15) is 23.5 Å². The average Bonchev–Trinajstić information content (AvgIpc) is 2.88. The first-order valence-electron chi connectivity index (χ1n) is 12.8. The van der Waals surface area contributed by atoms with Crippen LogP contribution in [0, 0.1) is 17.6 Å². The topological polar surface area (TPSA) is 85.3 Å². The normalized spacial score (nSPS) is 14.7. The van der Waals surface area contributed by atoms with E-state index in [2.05, 4.69) is 0 Å². The van der Waals surface area contributed by atoms with Gasteiger partial charge in [0.25, 0.3) is 0 Å². The van der Waals surface area contributed by atoms with E-state index in [4.69, 9.17) is 14.2 Å². The molecular weight excluding hydrogens is 484 g/mol. The molecule has 0 spiro atoms. The fourth-order valence-electron chi connectivity index (χ4n) is 4.44. The molecule has 37 heavy (non-hydrogen) atoms. The molecule has 202 valence electrons. The molecule has 0 saturated heterocycles. The molecule has 1 fully saturated rings. The molecule has 1 atom stereocenters. The summed E-state index contributed by atoms with van der Waals surface area (Å²) in [6.07, 6.45) is 4.31. The summed E-state index contributed by atoms with van der Waals surface area (Å²) in [5.41, 5.74) is 0.918. The Labute approximate surface area is 216 Å². The van der Waals surface area contributed by atoms with Crippen molar-refractivity contribution in [3.8, 4) is 5.75 Å². The molecule has 1 saturated carbocycles. The molecule has 9 heteroatoms. The number of halogens is 2. The third kappa shape index (κ3) is 9.31. The third-order valence-electron chi connectivity index (χ3n) is 6.45. The number of ether oxygens (including phenoxy) is 3. The van der Waals surface area contributed by atoms with Crippen molar-refractivity contribution in [2.75, 3.05) is 26.3 Å². The molecule has 0 bridgehead atoms. The lowest BCUT2D eigenvalue weighted by molar-refractivity contribution is -0.149. The van der Waals surface area contributed by atoms with Gasteiger partial charge in [-0.25, -0.2) is 18.4 Å². The zero-order chi connectivity index (χ0) is 26.6. The Bertz CT molecular complexity index is 1010. The third-order valence-corrected chi connectivity index (χ3v) is 6.45. The van der Waals surface area contributed by atoms with Crippen molar-refractivity contribution in [1.29, 1.82) is 0 Å². The van der Waals surface area contributed by atoms with Crippen molar-refractivity contribution in [1.82, 2.24) is 4.90 Å². The highest BCUT2D eigenvalue weighted by atomic mass is 19.1. The zero-order valence-electron chi connectivity index (χ0n) is 21.2. The van der Waals surface area contributed by atoms with Crippen LogP contribution in [-0.4, -0.2) is 54.5 Å². The second-order valence-corrected chi connectivity index (χ2v) is 9.22. The Kier molecular flexibility index (Phi) is 11.1. The van der Waals surface area contributed by atoms with Gasteiger partial charge in [0.15, 0.2) is 6.10 Å². The number of benzene rings is 2. The highest BCUT2D eigenvalue weighted by molar-refractivity contribution is 5.72. The summed E-state index contributed by atoms with van der Waals surface area (Å²) in [4.78, 5) is 25.7. The van der Waals surface area contributed by atoms with Gasteiger partial charge in [0.2, 0.25) is 0 Å². The van der Waals surface area contributed by atoms with Crippen molar-refractivity contribution in [2.24, 2.45) is 5.92 Å². The van der Waals surface area contributed by atoms with Gasteiger partial charge in [0, 0.05) is 31.2 Å². The molecule has 1 aliphatic carbocycles. The van der Waals surface area contributed by atoms with Crippen LogP contribution in [0.4, 0.5) is 13.6 Å². The minimum Gasteiger partial charge on any atom is -0.492 e. The molecule has 2 aromatic rings. The molecule has 0 heterocycles. The predicted molar refractivity (Wildman–Crippen MR) is 133 cm³/mol. The van der Waals surface area contributed by atoms with Gasteiger partial charge in [0.1, 0.15) is 30.6 Å². The van der Waals surface area contributed by atoms with Gasteiger partial charge in [-0.05, 0) is 55.5 Å². The Morgan fingerprint density at radius 2 is 1.81 bits per heavy atom. The molecule has 1 aliphatic rings. The summed E-state index contributed by atoms with van der Waals surface area (Å²) in [6, 6.07) is 10.2. The molecule has 0 aromatic heterocycles. The number of nitrogens with zero attached hydrogens (tertiary/aromatic N) is 1. The van der Waals surface area contributed by atoms with Crippen LogP contribution in [0.15, 0.2) is 42.5 Å². The van der Waals surface area contributed by atoms with Crippen LogP contribution in [0.5, 0.6) is 5.75 Å². The van der Waals surface area contributed by atoms with Crippen LogP contribution in [0.25, 0.3) is 0 Å². The lowest BCUT2D eigenvalue weighted by Gasteiger charge is -2.29. The maximum Gasteiger partial charge on any atom is 0.410 e. The maximum absolute atomic E-state index is 13.9. The van der Waals surface area contributed by atoms with Crippen molar-refractivity contribution in [2.45, 2.75) is 58.2 Å². The van der Waals surface area contributed by atoms with Gasteiger partial charge in [-0.3, -0.25) is 0 Å². The minimum absolute atomic E-state index is 0.109. The van der Waals surface area contributed by atoms with Gasteiger partial charge in [-0.15, -0.1) is 0 Å². The first-order valence-corrected chi connectivity index (χ1v) is 12.8. The summed E-state index contributed by atoms with van der Waals surface area (Å²) >= 11 is 0. The van der Waals surface area contributed by atoms with Crippen molar-refractivity contribution in [3.63, 3.8) is 0 Å². The predicted octanol–water partition coefficient (Wildman–Crippen LogP) is 5.59. The standard InChI is InChI=1S/C28H35F2NO6/c1-2-35-26(27(32)33)16-20-8-12-24(13-9-20)36-15-14-31(18-21-6-4-3-5-7-21)28(34)37-19-22-10-11-23(29)17-25(22)30/h8-13,17,21,26H,2-7,14-16,18-19H2,1H3,(H,32,33). The van der Waals surface area contributed by atoms with Gasteiger partial charge < -0.3 is 24.2 Å². The van der Waals surface area contributed by atoms with E-state index in [1.807, 2.05) is 0 Å². The van der Waals surface area contributed by atoms with E-state index in [0.29, 0.717) is 24.8 Å². The van der Waals surface area contributed by atoms with Gasteiger partial charge in [-0.1, -0.05) is 31.4 Å². The SMILES string of the molecule is CCOC(Cc1ccc(OCCN(CC2CCCCC2)C(=O)OCc2ccc(F)cc2F)cc1)C(=O)O. The van der Waals surface area contributed by atoms with E-state index in [1.165, 1.54) is 12.5 Å². The fourth-order valence-corrected chi connectivity index (χ4v) is 4.44. The van der Waals surface area contributed by atoms with Crippen LogP contribution in [-0.2, 0) is 27.3 Å². The van der Waals surface area contributed by atoms with E-state index < -0.39 is 29.8 Å². The van der Waals surface area contributed by atoms with Crippen LogP contribution >= 0.6 is 0 Å². The Morgan fingerprint density at radius 3 is 2.46 bits per heavy atom. The fraction of sp³-hybridized carbons (Fsp3) is 0.500. The first kappa shape index (κ1) is 28.4. The highest BCUT2D eigenvalue weighted by Crippen LogP contribution is 2.25. The summed E-state index contributed by atoms with van der Waals surface area (Å²) in [6.45, 7) is 2.82. The molecule has 0 aliphatic heterocycles. The smallest absolute Gasteiger partial charge is 0.410 e. The van der Waals surface area contributed by atoms with Crippen molar-refractivity contribution in [3.05, 3.63) is 65.2 Å². The molecule has 0 radical (unpaired) electrons. The summed E-state index contributed by atoms with van der Waals surface area (Å²) in [5.74, 6) is -1.49. The second-order valence-electron chi connectivity index (χ2n) is 9.22. The molecule has 3 rings (SSSR count). The van der Waals surface area contributed by atoms with E-state index in [0.717, 1.165) is 43.4 Å². The second kappa shape index (κ2) is 14.5. The lowest BCUT2D eigenvalue weighted by atomic mass is 9.89. The Hall–Kier alpha value is -3.20. The number of hydrogen-bond donors (Lipinski definition) is 1. The summed E-state index contributed by atoms with van der Waals surface area (Å²) in [7, 11) is 0. The first-order chi connectivity index (χ1) is 17.9. The van der Waals surface area contributed by atoms with Crippen molar-refractivity contribution < 1.29 is 37.7 Å². The number of carboxylic acids is 1. The van der Waals surface area contributed by atoms with Crippen LogP contribution in [0.3, 0.4) is 0 Å². The Morgan fingerprint density at radius 1 is 1.08 bits per heavy atom. The summed E-state index contributed by atoms with van der Waals surface area (Å²) < 4.78 is 43.5. The molecule has 1 unspecified atom stereocenters. The van der Waals surface area contributed by atoms with Gasteiger partial charge >= 0.3 is 12.1 Å². The number of carbonyl (C=O) groups is 2. The number of amides is 1. The monoisotopic (exact) mass is 519 g/mol. The van der Waals surface area contributed by atoms with E-state index in [-0.39, 0.29) is 31.7 Å². The number of carbonyl (C=O) groups excluding carboxylic acids is 1. The van der Waals surface area contributed by atoms with E-state index >= 15 is 0 Å². The summed E-state index contributed by atoms with van der Waals surface area (Å²) in [5, 5.41) is 9.25. The lowest BCUT2D eigenvalue weighted by Crippen LogP contribution is -2.39. The molecule has 7 nitrogen and oxygen atoms in total. The Balaban J connectivity index is 1.54. The van der Waals surface area contributed by atoms with Crippen LogP contribution < -0.4 is 4.74 Å². The van der Waals surface area contributed by atoms with Crippen LogP contribution in [0.2, 0.25) is 0 Å². The molecule has 1 amide bonds. The maximum atomic E-state index is 13.9. The van der Waals surface area contributed by atoms with Crippen LogP contribution in [0.1, 0.15) is 50.2 Å². The van der Waals surface area contributed by atoms with Gasteiger partial charge in [-0.2, -0.15) is 0 Å². The number of aliphatic carboxylic acids is 1. The number of rotatable bonds is 13. The molecule has 1 N–H and O–H groups in total. The molecule has 2 aromatic carbocycles.